The van der Waals surface area contributed by atoms with E-state index in [0.717, 1.165) is 0 Å². The van der Waals surface area contributed by atoms with Crippen LogP contribution in [-0.4, -0.2) is 25.2 Å². The van der Waals surface area contributed by atoms with Crippen LogP contribution in [0.4, 0.5) is 5.69 Å². The van der Waals surface area contributed by atoms with Crippen molar-refractivity contribution in [2.45, 2.75) is 24.5 Å². The molecule has 4 rings (SSSR count). The number of nitrogens with two attached hydrogens (primary N) is 1. The Bertz CT molecular complexity index is 1450. The van der Waals surface area contributed by atoms with Crippen molar-refractivity contribution in [1.82, 2.24) is 4.98 Å². The molecule has 0 spiro atoms. The minimum absolute atomic E-state index is 0.0249. The number of anilines is 1. The van der Waals surface area contributed by atoms with Crippen LogP contribution in [0.3, 0.4) is 0 Å². The van der Waals surface area contributed by atoms with Gasteiger partial charge in [-0.25, -0.2) is 8.42 Å². The van der Waals surface area contributed by atoms with Crippen molar-refractivity contribution in [2.75, 3.05) is 5.32 Å². The van der Waals surface area contributed by atoms with Gasteiger partial charge < -0.3 is 16.0 Å². The second kappa shape index (κ2) is 8.37. The van der Waals surface area contributed by atoms with Gasteiger partial charge in [-0.1, -0.05) is 29.3 Å². The van der Waals surface area contributed by atoms with Gasteiger partial charge in [0.15, 0.2) is 9.84 Å². The van der Waals surface area contributed by atoms with Crippen molar-refractivity contribution >= 4 is 62.2 Å². The summed E-state index contributed by atoms with van der Waals surface area (Å²) < 4.78 is 26.3. The van der Waals surface area contributed by atoms with E-state index in [1.54, 1.807) is 38.1 Å². The Hall–Kier alpha value is -3.07. The summed E-state index contributed by atoms with van der Waals surface area (Å²) in [4.78, 5) is 27.5. The summed E-state index contributed by atoms with van der Waals surface area (Å²) in [7, 11) is -3.82. The molecule has 10 heteroatoms. The molecule has 7 nitrogen and oxygen atoms in total. The summed E-state index contributed by atoms with van der Waals surface area (Å²) in [5, 5.41) is 3.24. The minimum atomic E-state index is -3.82. The molecule has 2 heterocycles. The van der Waals surface area contributed by atoms with Gasteiger partial charge in [0, 0.05) is 38.2 Å². The van der Waals surface area contributed by atoms with Gasteiger partial charge in [0.25, 0.3) is 11.8 Å². The summed E-state index contributed by atoms with van der Waals surface area (Å²) in [5.74, 6) is -1.35. The van der Waals surface area contributed by atoms with Gasteiger partial charge in [-0.05, 0) is 55.8 Å². The molecule has 2 aromatic carbocycles. The predicted octanol–water partition coefficient (Wildman–Crippen LogP) is 4.50. The lowest BCUT2D eigenvalue weighted by atomic mass is 10.0. The maximum Gasteiger partial charge on any atom is 0.256 e. The molecule has 1 aliphatic heterocycles. The van der Waals surface area contributed by atoms with Crippen LogP contribution >= 0.6 is 23.2 Å². The van der Waals surface area contributed by atoms with E-state index in [1.165, 1.54) is 18.2 Å². The predicted molar refractivity (Wildman–Crippen MR) is 129 cm³/mol. The number of halogens is 2. The van der Waals surface area contributed by atoms with E-state index < -0.39 is 15.7 Å². The molecule has 1 aromatic heterocycles. The Balaban J connectivity index is 1.77. The molecular formula is C23H19Cl2N3O4S. The van der Waals surface area contributed by atoms with Gasteiger partial charge in [-0.3, -0.25) is 9.59 Å². The second-order valence-electron chi connectivity index (χ2n) is 7.71. The molecule has 0 atom stereocenters. The first kappa shape index (κ1) is 23.1. The van der Waals surface area contributed by atoms with Crippen molar-refractivity contribution in [1.29, 1.82) is 0 Å². The SMILES string of the molecule is Cc1[nH]c(/C=C2\C(=O)Nc3ccc(S(=O)(=O)Cc4c(Cl)cccc4Cl)cc32)c(C)c1C(N)=O. The lowest BCUT2D eigenvalue weighted by Gasteiger charge is -2.10. The fourth-order valence-electron chi connectivity index (χ4n) is 3.88. The highest BCUT2D eigenvalue weighted by atomic mass is 35.5. The van der Waals surface area contributed by atoms with Crippen molar-refractivity contribution < 1.29 is 18.0 Å². The highest BCUT2D eigenvalue weighted by Gasteiger charge is 2.28. The minimum Gasteiger partial charge on any atom is -0.366 e. The largest absolute Gasteiger partial charge is 0.366 e. The molecule has 4 N–H and O–H groups in total. The molecule has 0 aliphatic carbocycles. The molecule has 1 aliphatic rings. The van der Waals surface area contributed by atoms with Crippen LogP contribution in [0.1, 0.15) is 38.4 Å². The third-order valence-corrected chi connectivity index (χ3v) is 7.89. The Morgan fingerprint density at radius 3 is 2.39 bits per heavy atom. The van der Waals surface area contributed by atoms with Crippen LogP contribution in [0.5, 0.6) is 0 Å². The van der Waals surface area contributed by atoms with Crippen LogP contribution in [0.2, 0.25) is 10.0 Å². The van der Waals surface area contributed by atoms with Crippen molar-refractivity contribution in [3.05, 3.63) is 80.1 Å². The van der Waals surface area contributed by atoms with Crippen molar-refractivity contribution in [3.63, 3.8) is 0 Å². The molecule has 33 heavy (non-hydrogen) atoms. The van der Waals surface area contributed by atoms with E-state index in [2.05, 4.69) is 10.3 Å². The fraction of sp³-hybridized carbons (Fsp3) is 0.130. The lowest BCUT2D eigenvalue weighted by molar-refractivity contribution is -0.110. The van der Waals surface area contributed by atoms with E-state index in [1.807, 2.05) is 0 Å². The molecule has 0 saturated carbocycles. The van der Waals surface area contributed by atoms with Gasteiger partial charge >= 0.3 is 0 Å². The van der Waals surface area contributed by atoms with Crippen LogP contribution < -0.4 is 11.1 Å². The standard InChI is InChI=1S/C23H19Cl2N3O4S/c1-11-20(27-12(2)21(11)22(26)29)9-15-14-8-13(6-7-19(14)28-23(15)30)33(31,32)10-16-17(24)4-3-5-18(16)25/h3-9,27H,10H2,1-2H3,(H2,26,29)(H,28,30)/b15-9-. The number of aryl methyl sites for hydroxylation is 1. The van der Waals surface area contributed by atoms with Crippen LogP contribution in [0.25, 0.3) is 11.6 Å². The van der Waals surface area contributed by atoms with Gasteiger partial charge in [0.05, 0.1) is 21.8 Å². The summed E-state index contributed by atoms with van der Waals surface area (Å²) in [5.41, 5.74) is 9.01. The third kappa shape index (κ3) is 4.17. The number of nitrogens with one attached hydrogen (secondary N) is 2. The smallest absolute Gasteiger partial charge is 0.256 e. The highest BCUT2D eigenvalue weighted by molar-refractivity contribution is 7.90. The highest BCUT2D eigenvalue weighted by Crippen LogP contribution is 2.37. The number of carbonyl (C=O) groups is 2. The summed E-state index contributed by atoms with van der Waals surface area (Å²) in [6.07, 6.45) is 1.58. The lowest BCUT2D eigenvalue weighted by Crippen LogP contribution is -2.12. The first-order chi connectivity index (χ1) is 15.5. The van der Waals surface area contributed by atoms with Gasteiger partial charge in [-0.2, -0.15) is 0 Å². The van der Waals surface area contributed by atoms with Gasteiger partial charge in [0.1, 0.15) is 0 Å². The topological polar surface area (TPSA) is 122 Å². The molecule has 3 aromatic rings. The summed E-state index contributed by atoms with van der Waals surface area (Å²) in [6, 6.07) is 9.20. The maximum absolute atomic E-state index is 13.1. The number of aromatic amines is 1. The zero-order chi connectivity index (χ0) is 24.1. The average molecular weight is 504 g/mol. The first-order valence-electron chi connectivity index (χ1n) is 9.81. The molecule has 0 unspecified atom stereocenters. The zero-order valence-electron chi connectivity index (χ0n) is 17.6. The molecule has 0 saturated heterocycles. The van der Waals surface area contributed by atoms with E-state index in [-0.39, 0.29) is 32.2 Å². The van der Waals surface area contributed by atoms with E-state index in [4.69, 9.17) is 28.9 Å². The monoisotopic (exact) mass is 503 g/mol. The zero-order valence-corrected chi connectivity index (χ0v) is 20.0. The number of carbonyl (C=O) groups excluding carboxylic acids is 2. The Morgan fingerprint density at radius 2 is 1.79 bits per heavy atom. The molecule has 170 valence electrons. The van der Waals surface area contributed by atoms with Crippen molar-refractivity contribution in [2.24, 2.45) is 5.73 Å². The van der Waals surface area contributed by atoms with E-state index in [0.29, 0.717) is 39.3 Å². The number of rotatable bonds is 5. The number of H-pyrrole nitrogens is 1. The molecule has 0 radical (unpaired) electrons. The summed E-state index contributed by atoms with van der Waals surface area (Å²) in [6.45, 7) is 3.43. The molecule has 0 bridgehead atoms. The second-order valence-corrected chi connectivity index (χ2v) is 10.5. The number of hydrogen-bond acceptors (Lipinski definition) is 4. The summed E-state index contributed by atoms with van der Waals surface area (Å²) >= 11 is 12.3. The fourth-order valence-corrected chi connectivity index (χ4v) is 6.00. The Morgan fingerprint density at radius 1 is 1.12 bits per heavy atom. The van der Waals surface area contributed by atoms with Crippen LogP contribution in [0, 0.1) is 13.8 Å². The third-order valence-electron chi connectivity index (χ3n) is 5.54. The van der Waals surface area contributed by atoms with Crippen LogP contribution in [0.15, 0.2) is 41.3 Å². The van der Waals surface area contributed by atoms with E-state index >= 15 is 0 Å². The number of hydrogen-bond donors (Lipinski definition) is 3. The molecule has 0 fully saturated rings. The Labute approximate surface area is 200 Å². The number of sulfone groups is 1. The molecule has 2 amide bonds. The van der Waals surface area contributed by atoms with E-state index in [9.17, 15) is 18.0 Å². The number of benzene rings is 2. The number of amides is 2. The quantitative estimate of drug-likeness (QED) is 0.443. The number of aromatic nitrogens is 1. The van der Waals surface area contributed by atoms with Gasteiger partial charge in [-0.15, -0.1) is 0 Å². The number of primary amides is 1. The molecular weight excluding hydrogens is 485 g/mol. The Kier molecular flexibility index (Phi) is 5.86. The van der Waals surface area contributed by atoms with Crippen LogP contribution in [-0.2, 0) is 20.4 Å². The maximum atomic E-state index is 13.1. The van der Waals surface area contributed by atoms with Crippen molar-refractivity contribution in [3.8, 4) is 0 Å². The average Bonchev–Trinajstić information content (AvgIpc) is 3.19. The first-order valence-corrected chi connectivity index (χ1v) is 12.2. The normalized spacial score (nSPS) is 14.4. The number of fused-ring (bicyclic) bond motifs is 1. The van der Waals surface area contributed by atoms with Gasteiger partial charge in [0.2, 0.25) is 0 Å².